The number of nitro groups is 1. The normalized spacial score (nSPS) is 24.3. The highest BCUT2D eigenvalue weighted by Gasteiger charge is 2.49. The zero-order valence-corrected chi connectivity index (χ0v) is 12.5. The van der Waals surface area contributed by atoms with Gasteiger partial charge in [-0.15, -0.1) is 0 Å². The Labute approximate surface area is 131 Å². The Kier molecular flexibility index (Phi) is 3.48. The first kappa shape index (κ1) is 14.7. The molecule has 1 heterocycles. The number of allylic oxidation sites excluding steroid dienone is 2. The van der Waals surface area contributed by atoms with Crippen molar-refractivity contribution in [3.63, 3.8) is 0 Å². The van der Waals surface area contributed by atoms with E-state index in [1.807, 2.05) is 0 Å². The molecule has 1 saturated heterocycles. The topological polar surface area (TPSA) is 80.5 Å². The molecule has 0 aromatic heterocycles. The number of benzene rings is 1. The molecule has 1 aromatic rings. The zero-order chi connectivity index (χ0) is 16.0. The van der Waals surface area contributed by atoms with Crippen LogP contribution in [0.5, 0.6) is 0 Å². The van der Waals surface area contributed by atoms with Gasteiger partial charge in [-0.25, -0.2) is 4.90 Å². The number of amides is 2. The summed E-state index contributed by atoms with van der Waals surface area (Å²) in [5, 5.41) is 11.5. The van der Waals surface area contributed by atoms with Gasteiger partial charge in [0, 0.05) is 17.2 Å². The Balaban J connectivity index is 2.03. The monoisotopic (exact) mass is 320 g/mol. The van der Waals surface area contributed by atoms with Gasteiger partial charge in [0.15, 0.2) is 0 Å². The van der Waals surface area contributed by atoms with Gasteiger partial charge in [0.05, 0.1) is 22.4 Å². The summed E-state index contributed by atoms with van der Waals surface area (Å²) in [4.78, 5) is 36.6. The highest BCUT2D eigenvalue weighted by molar-refractivity contribution is 6.30. The maximum atomic E-state index is 12.6. The van der Waals surface area contributed by atoms with Crippen LogP contribution in [0, 0.1) is 28.9 Å². The Hall–Kier alpha value is -2.21. The summed E-state index contributed by atoms with van der Waals surface area (Å²) < 4.78 is 0. The van der Waals surface area contributed by atoms with E-state index in [4.69, 9.17) is 11.6 Å². The molecule has 2 atom stereocenters. The maximum Gasteiger partial charge on any atom is 0.271 e. The molecule has 7 heteroatoms. The summed E-state index contributed by atoms with van der Waals surface area (Å²) in [5.74, 6) is -1.53. The van der Waals surface area contributed by atoms with Crippen molar-refractivity contribution in [3.8, 4) is 0 Å². The number of anilines is 1. The van der Waals surface area contributed by atoms with E-state index in [0.29, 0.717) is 23.4 Å². The summed E-state index contributed by atoms with van der Waals surface area (Å²) >= 11 is 5.98. The van der Waals surface area contributed by atoms with Crippen LogP contribution in [0.15, 0.2) is 29.3 Å². The number of nitrogens with zero attached hydrogens (tertiary/aromatic N) is 2. The molecule has 1 aliphatic heterocycles. The van der Waals surface area contributed by atoms with Crippen molar-refractivity contribution < 1.29 is 14.5 Å². The molecule has 0 unspecified atom stereocenters. The standard InChI is InChI=1S/C15H13ClN2O4/c1-8-2-4-10(18(21)22)7-13(8)17-14(19)11-5-3-9(16)6-12(11)15(17)20/h2-4,7,11-12H,5-6H2,1H3/t11-,12-/m0/s1. The molecule has 6 nitrogen and oxygen atoms in total. The summed E-state index contributed by atoms with van der Waals surface area (Å²) in [5.41, 5.74) is 0.784. The lowest BCUT2D eigenvalue weighted by Gasteiger charge is -2.17. The van der Waals surface area contributed by atoms with Gasteiger partial charge in [0.25, 0.3) is 5.69 Å². The lowest BCUT2D eigenvalue weighted by molar-refractivity contribution is -0.384. The van der Waals surface area contributed by atoms with Crippen LogP contribution in [-0.4, -0.2) is 16.7 Å². The summed E-state index contributed by atoms with van der Waals surface area (Å²) in [7, 11) is 0. The zero-order valence-electron chi connectivity index (χ0n) is 11.8. The molecular formula is C15H13ClN2O4. The molecule has 0 bridgehead atoms. The van der Waals surface area contributed by atoms with E-state index in [-0.39, 0.29) is 23.2 Å². The highest BCUT2D eigenvalue weighted by Crippen LogP contribution is 2.42. The van der Waals surface area contributed by atoms with Crippen LogP contribution in [-0.2, 0) is 9.59 Å². The number of aryl methyl sites for hydroxylation is 1. The molecule has 0 spiro atoms. The third kappa shape index (κ3) is 2.20. The second-order valence-corrected chi connectivity index (χ2v) is 6.03. The molecule has 114 valence electrons. The first-order valence-corrected chi connectivity index (χ1v) is 7.25. The quantitative estimate of drug-likeness (QED) is 0.476. The Bertz CT molecular complexity index is 728. The van der Waals surface area contributed by atoms with Crippen molar-refractivity contribution in [2.75, 3.05) is 4.90 Å². The van der Waals surface area contributed by atoms with Crippen LogP contribution < -0.4 is 4.90 Å². The largest absolute Gasteiger partial charge is 0.274 e. The van der Waals surface area contributed by atoms with Gasteiger partial charge in [0.1, 0.15) is 0 Å². The van der Waals surface area contributed by atoms with Crippen LogP contribution in [0.25, 0.3) is 0 Å². The number of carbonyl (C=O) groups is 2. The third-order valence-corrected chi connectivity index (χ3v) is 4.52. The smallest absolute Gasteiger partial charge is 0.271 e. The fourth-order valence-corrected chi connectivity index (χ4v) is 3.27. The van der Waals surface area contributed by atoms with Crippen molar-refractivity contribution >= 4 is 34.8 Å². The van der Waals surface area contributed by atoms with E-state index in [0.717, 1.165) is 4.90 Å². The first-order chi connectivity index (χ1) is 10.4. The average Bonchev–Trinajstić information content (AvgIpc) is 2.71. The number of non-ortho nitro benzene ring substituents is 1. The Morgan fingerprint density at radius 3 is 2.64 bits per heavy atom. The Morgan fingerprint density at radius 1 is 1.27 bits per heavy atom. The number of hydrogen-bond acceptors (Lipinski definition) is 4. The average molecular weight is 321 g/mol. The number of halogens is 1. The van der Waals surface area contributed by atoms with E-state index in [9.17, 15) is 19.7 Å². The van der Waals surface area contributed by atoms with Gasteiger partial charge >= 0.3 is 0 Å². The van der Waals surface area contributed by atoms with Crippen molar-refractivity contribution in [2.45, 2.75) is 19.8 Å². The van der Waals surface area contributed by atoms with Gasteiger partial charge in [-0.1, -0.05) is 23.7 Å². The van der Waals surface area contributed by atoms with Crippen molar-refractivity contribution in [1.29, 1.82) is 0 Å². The summed E-state index contributed by atoms with van der Waals surface area (Å²) in [6.07, 6.45) is 2.54. The van der Waals surface area contributed by atoms with Crippen molar-refractivity contribution in [1.82, 2.24) is 0 Å². The molecule has 2 amide bonds. The molecule has 0 saturated carbocycles. The molecule has 3 rings (SSSR count). The van der Waals surface area contributed by atoms with Crippen LogP contribution >= 0.6 is 11.6 Å². The second kappa shape index (κ2) is 5.21. The molecule has 1 aromatic carbocycles. The lowest BCUT2D eigenvalue weighted by atomic mass is 9.85. The van der Waals surface area contributed by atoms with Crippen LogP contribution in [0.2, 0.25) is 0 Å². The van der Waals surface area contributed by atoms with E-state index in [1.165, 1.54) is 12.1 Å². The fraction of sp³-hybridized carbons (Fsp3) is 0.333. The predicted molar refractivity (Wildman–Crippen MR) is 80.5 cm³/mol. The van der Waals surface area contributed by atoms with Gasteiger partial charge < -0.3 is 0 Å². The van der Waals surface area contributed by atoms with E-state index in [2.05, 4.69) is 0 Å². The number of hydrogen-bond donors (Lipinski definition) is 0. The number of imide groups is 1. The molecule has 22 heavy (non-hydrogen) atoms. The number of fused-ring (bicyclic) bond motifs is 1. The predicted octanol–water partition coefficient (Wildman–Crippen LogP) is 2.93. The van der Waals surface area contributed by atoms with Crippen LogP contribution in [0.3, 0.4) is 0 Å². The van der Waals surface area contributed by atoms with Gasteiger partial charge in [-0.2, -0.15) is 0 Å². The third-order valence-electron chi connectivity index (χ3n) is 4.21. The van der Waals surface area contributed by atoms with Gasteiger partial charge in [-0.3, -0.25) is 19.7 Å². The summed E-state index contributed by atoms with van der Waals surface area (Å²) in [6.45, 7) is 1.72. The number of carbonyl (C=O) groups excluding carboxylic acids is 2. The number of rotatable bonds is 2. The SMILES string of the molecule is Cc1ccc([N+](=O)[O-])cc1N1C(=O)[C@H]2CC=C(Cl)C[C@@H]2C1=O. The van der Waals surface area contributed by atoms with Gasteiger partial charge in [-0.05, 0) is 25.3 Å². The number of nitro benzene ring substituents is 1. The maximum absolute atomic E-state index is 12.6. The first-order valence-electron chi connectivity index (χ1n) is 6.87. The van der Waals surface area contributed by atoms with E-state index >= 15 is 0 Å². The Morgan fingerprint density at radius 2 is 1.95 bits per heavy atom. The molecule has 2 aliphatic rings. The van der Waals surface area contributed by atoms with E-state index in [1.54, 1.807) is 19.1 Å². The highest BCUT2D eigenvalue weighted by atomic mass is 35.5. The molecule has 1 fully saturated rings. The minimum atomic E-state index is -0.542. The van der Waals surface area contributed by atoms with Crippen molar-refractivity contribution in [3.05, 3.63) is 45.0 Å². The second-order valence-electron chi connectivity index (χ2n) is 5.54. The summed E-state index contributed by atoms with van der Waals surface area (Å²) in [6, 6.07) is 4.17. The molecular weight excluding hydrogens is 308 g/mol. The molecule has 0 radical (unpaired) electrons. The minimum Gasteiger partial charge on any atom is -0.274 e. The van der Waals surface area contributed by atoms with Crippen LogP contribution in [0.4, 0.5) is 11.4 Å². The lowest BCUT2D eigenvalue weighted by Crippen LogP contribution is -2.31. The fourth-order valence-electron chi connectivity index (χ4n) is 3.02. The molecule has 0 N–H and O–H groups in total. The van der Waals surface area contributed by atoms with Crippen molar-refractivity contribution in [2.24, 2.45) is 11.8 Å². The van der Waals surface area contributed by atoms with E-state index < -0.39 is 16.8 Å². The van der Waals surface area contributed by atoms with Gasteiger partial charge in [0.2, 0.25) is 11.8 Å². The van der Waals surface area contributed by atoms with Crippen LogP contribution in [0.1, 0.15) is 18.4 Å². The minimum absolute atomic E-state index is 0.146. The molecule has 1 aliphatic carbocycles.